The molecule has 0 bridgehead atoms. The predicted molar refractivity (Wildman–Crippen MR) is 102 cm³/mol. The van der Waals surface area contributed by atoms with Gasteiger partial charge in [0.1, 0.15) is 17.3 Å². The van der Waals surface area contributed by atoms with Gasteiger partial charge in [0.05, 0.1) is 12.7 Å². The average Bonchev–Trinajstić information content (AvgIpc) is 2.74. The summed E-state index contributed by atoms with van der Waals surface area (Å²) in [5, 5.41) is 0. The first-order valence-electron chi connectivity index (χ1n) is 9.13. The van der Waals surface area contributed by atoms with Crippen molar-refractivity contribution in [1.29, 1.82) is 0 Å². The smallest absolute Gasteiger partial charge is 0.263 e. The van der Waals surface area contributed by atoms with Crippen molar-refractivity contribution >= 4 is 11.8 Å². The molecule has 0 spiro atoms. The Morgan fingerprint density at radius 3 is 2.21 bits per heavy atom. The summed E-state index contributed by atoms with van der Waals surface area (Å²) in [6.07, 6.45) is -0.693. The Labute approximate surface area is 163 Å². The van der Waals surface area contributed by atoms with Gasteiger partial charge in [-0.25, -0.2) is 4.39 Å². The van der Waals surface area contributed by atoms with Crippen molar-refractivity contribution in [1.82, 2.24) is 9.80 Å². The van der Waals surface area contributed by atoms with Gasteiger partial charge in [-0.05, 0) is 43.3 Å². The summed E-state index contributed by atoms with van der Waals surface area (Å²) in [5.74, 6) is 0.343. The third kappa shape index (κ3) is 4.42. The summed E-state index contributed by atoms with van der Waals surface area (Å²) in [6, 6.07) is 12.6. The highest BCUT2D eigenvalue weighted by Gasteiger charge is 2.29. The monoisotopic (exact) mass is 386 g/mol. The molecule has 1 heterocycles. The van der Waals surface area contributed by atoms with Gasteiger partial charge in [0.15, 0.2) is 6.10 Å². The Morgan fingerprint density at radius 1 is 0.964 bits per heavy atom. The van der Waals surface area contributed by atoms with Gasteiger partial charge in [0.2, 0.25) is 0 Å². The lowest BCUT2D eigenvalue weighted by molar-refractivity contribution is -0.139. The van der Waals surface area contributed by atoms with Crippen molar-refractivity contribution in [2.24, 2.45) is 0 Å². The first-order valence-corrected chi connectivity index (χ1v) is 9.13. The topological polar surface area (TPSA) is 59.1 Å². The molecule has 2 aromatic carbocycles. The zero-order chi connectivity index (χ0) is 20.1. The second kappa shape index (κ2) is 8.73. The van der Waals surface area contributed by atoms with Gasteiger partial charge in [0.25, 0.3) is 11.8 Å². The van der Waals surface area contributed by atoms with Crippen LogP contribution >= 0.6 is 0 Å². The molecule has 1 atom stereocenters. The number of carbonyl (C=O) groups is 2. The summed E-state index contributed by atoms with van der Waals surface area (Å²) in [4.78, 5) is 28.8. The minimum atomic E-state index is -0.693. The molecule has 7 heteroatoms. The number of halogens is 1. The van der Waals surface area contributed by atoms with Crippen LogP contribution in [0.1, 0.15) is 17.3 Å². The van der Waals surface area contributed by atoms with E-state index in [-0.39, 0.29) is 17.6 Å². The second-order valence-corrected chi connectivity index (χ2v) is 6.53. The zero-order valence-corrected chi connectivity index (χ0v) is 15.9. The lowest BCUT2D eigenvalue weighted by atomic mass is 10.1. The number of carbonyl (C=O) groups excluding carboxylic acids is 2. The van der Waals surface area contributed by atoms with Gasteiger partial charge >= 0.3 is 0 Å². The van der Waals surface area contributed by atoms with Gasteiger partial charge in [-0.3, -0.25) is 9.59 Å². The molecular formula is C21H23FN2O4. The van der Waals surface area contributed by atoms with Gasteiger partial charge in [-0.2, -0.15) is 0 Å². The van der Waals surface area contributed by atoms with E-state index in [1.807, 2.05) is 6.07 Å². The number of hydrogen-bond acceptors (Lipinski definition) is 4. The first-order chi connectivity index (χ1) is 13.5. The standard InChI is InChI=1S/C21H23FN2O4/c1-15(28-17-9-7-16(22)8-10-17)20(25)23-11-13-24(14-12-23)21(26)18-5-3-4-6-19(18)27-2/h3-10,15H,11-14H2,1-2H3/t15-/m0/s1. The molecule has 1 fully saturated rings. The van der Waals surface area contributed by atoms with Crippen LogP contribution in [0.2, 0.25) is 0 Å². The lowest BCUT2D eigenvalue weighted by Gasteiger charge is -2.36. The number of nitrogens with zero attached hydrogens (tertiary/aromatic N) is 2. The van der Waals surface area contributed by atoms with Gasteiger partial charge in [0, 0.05) is 26.2 Å². The van der Waals surface area contributed by atoms with Crippen LogP contribution in [0.4, 0.5) is 4.39 Å². The van der Waals surface area contributed by atoms with Crippen LogP contribution in [0.5, 0.6) is 11.5 Å². The van der Waals surface area contributed by atoms with Crippen LogP contribution in [-0.2, 0) is 4.79 Å². The number of methoxy groups -OCH3 is 1. The highest BCUT2D eigenvalue weighted by molar-refractivity contribution is 5.97. The lowest BCUT2D eigenvalue weighted by Crippen LogP contribution is -2.53. The number of ether oxygens (including phenoxy) is 2. The van der Waals surface area contributed by atoms with Crippen molar-refractivity contribution in [2.75, 3.05) is 33.3 Å². The molecule has 0 saturated carbocycles. The number of para-hydroxylation sites is 1. The molecule has 1 aliphatic rings. The van der Waals surface area contributed by atoms with Crippen LogP contribution in [0.25, 0.3) is 0 Å². The summed E-state index contributed by atoms with van der Waals surface area (Å²) < 4.78 is 23.8. The molecule has 148 valence electrons. The Kier molecular flexibility index (Phi) is 6.13. The molecule has 0 radical (unpaired) electrons. The molecule has 1 saturated heterocycles. The van der Waals surface area contributed by atoms with Crippen molar-refractivity contribution in [2.45, 2.75) is 13.0 Å². The second-order valence-electron chi connectivity index (χ2n) is 6.53. The molecule has 0 aliphatic carbocycles. The van der Waals surface area contributed by atoms with Gasteiger partial charge in [-0.1, -0.05) is 12.1 Å². The first kappa shape index (κ1) is 19.7. The number of benzene rings is 2. The summed E-state index contributed by atoms with van der Waals surface area (Å²) in [6.45, 7) is 3.39. The van der Waals surface area contributed by atoms with Crippen LogP contribution in [0.15, 0.2) is 48.5 Å². The summed E-state index contributed by atoms with van der Waals surface area (Å²) in [7, 11) is 1.53. The molecule has 2 aromatic rings. The van der Waals surface area contributed by atoms with Crippen LogP contribution < -0.4 is 9.47 Å². The minimum Gasteiger partial charge on any atom is -0.496 e. The predicted octanol–water partition coefficient (Wildman–Crippen LogP) is 2.59. The fraction of sp³-hybridized carbons (Fsp3) is 0.333. The number of amides is 2. The Hall–Kier alpha value is -3.09. The summed E-state index contributed by atoms with van der Waals surface area (Å²) >= 11 is 0. The van der Waals surface area contributed by atoms with Gasteiger partial charge in [-0.15, -0.1) is 0 Å². The number of piperazine rings is 1. The summed E-state index contributed by atoms with van der Waals surface area (Å²) in [5.41, 5.74) is 0.512. The van der Waals surface area contributed by atoms with Crippen LogP contribution in [0.3, 0.4) is 0 Å². The van der Waals surface area contributed by atoms with E-state index in [1.54, 1.807) is 34.9 Å². The molecule has 28 heavy (non-hydrogen) atoms. The van der Waals surface area contributed by atoms with E-state index in [1.165, 1.54) is 31.4 Å². The Bertz CT molecular complexity index is 833. The molecule has 0 aromatic heterocycles. The van der Waals surface area contributed by atoms with Crippen molar-refractivity contribution < 1.29 is 23.5 Å². The Morgan fingerprint density at radius 2 is 1.57 bits per heavy atom. The van der Waals surface area contributed by atoms with E-state index in [4.69, 9.17) is 9.47 Å². The van der Waals surface area contributed by atoms with Crippen LogP contribution in [0, 0.1) is 5.82 Å². The Balaban J connectivity index is 1.56. The fourth-order valence-corrected chi connectivity index (χ4v) is 3.15. The molecule has 6 nitrogen and oxygen atoms in total. The quantitative estimate of drug-likeness (QED) is 0.793. The molecule has 1 aliphatic heterocycles. The maximum Gasteiger partial charge on any atom is 0.263 e. The molecule has 3 rings (SSSR count). The largest absolute Gasteiger partial charge is 0.496 e. The van der Waals surface area contributed by atoms with Crippen molar-refractivity contribution in [3.8, 4) is 11.5 Å². The van der Waals surface area contributed by atoms with E-state index in [0.29, 0.717) is 43.2 Å². The average molecular weight is 386 g/mol. The van der Waals surface area contributed by atoms with Crippen molar-refractivity contribution in [3.63, 3.8) is 0 Å². The minimum absolute atomic E-state index is 0.111. The van der Waals surface area contributed by atoms with E-state index in [0.717, 1.165) is 0 Å². The van der Waals surface area contributed by atoms with E-state index >= 15 is 0 Å². The zero-order valence-electron chi connectivity index (χ0n) is 15.9. The number of hydrogen-bond donors (Lipinski definition) is 0. The molecule has 2 amide bonds. The molecular weight excluding hydrogens is 363 g/mol. The van der Waals surface area contributed by atoms with Crippen LogP contribution in [-0.4, -0.2) is 61.0 Å². The maximum absolute atomic E-state index is 13.0. The SMILES string of the molecule is COc1ccccc1C(=O)N1CCN(C(=O)[C@H](C)Oc2ccc(F)cc2)CC1. The number of rotatable bonds is 5. The normalized spacial score (nSPS) is 15.1. The van der Waals surface area contributed by atoms with E-state index < -0.39 is 6.10 Å². The van der Waals surface area contributed by atoms with E-state index in [9.17, 15) is 14.0 Å². The molecule has 0 unspecified atom stereocenters. The van der Waals surface area contributed by atoms with Crippen molar-refractivity contribution in [3.05, 3.63) is 59.9 Å². The molecule has 0 N–H and O–H groups in total. The third-order valence-corrected chi connectivity index (χ3v) is 4.69. The highest BCUT2D eigenvalue weighted by Crippen LogP contribution is 2.20. The van der Waals surface area contributed by atoms with E-state index in [2.05, 4.69) is 0 Å². The highest BCUT2D eigenvalue weighted by atomic mass is 19.1. The third-order valence-electron chi connectivity index (χ3n) is 4.69. The van der Waals surface area contributed by atoms with Gasteiger partial charge < -0.3 is 19.3 Å². The fourth-order valence-electron chi connectivity index (χ4n) is 3.15. The maximum atomic E-state index is 13.0.